The standard InChI is InChI=1S/C11H18N4OS/c1-2-9-13-11(17-14-9)12-6-4-8-15-7-3-5-10(15)16/h2-8H2,1H3,(H,12,13,14). The van der Waals surface area contributed by atoms with Gasteiger partial charge in [0.1, 0.15) is 5.82 Å². The van der Waals surface area contributed by atoms with Crippen molar-refractivity contribution in [1.29, 1.82) is 0 Å². The third-order valence-corrected chi connectivity index (χ3v) is 3.55. The summed E-state index contributed by atoms with van der Waals surface area (Å²) in [6, 6.07) is 0. The number of likely N-dealkylation sites (tertiary alicyclic amines) is 1. The summed E-state index contributed by atoms with van der Waals surface area (Å²) in [6.45, 7) is 4.68. The van der Waals surface area contributed by atoms with Crippen LogP contribution in [0, 0.1) is 0 Å². The van der Waals surface area contributed by atoms with Crippen LogP contribution in [-0.2, 0) is 11.2 Å². The molecular weight excluding hydrogens is 236 g/mol. The van der Waals surface area contributed by atoms with Crippen LogP contribution in [-0.4, -0.2) is 39.8 Å². The number of aromatic nitrogens is 2. The van der Waals surface area contributed by atoms with Gasteiger partial charge in [-0.15, -0.1) is 0 Å². The molecule has 1 saturated heterocycles. The predicted molar refractivity (Wildman–Crippen MR) is 68.2 cm³/mol. The summed E-state index contributed by atoms with van der Waals surface area (Å²) in [5.74, 6) is 1.20. The highest BCUT2D eigenvalue weighted by atomic mass is 32.1. The minimum Gasteiger partial charge on any atom is -0.360 e. The van der Waals surface area contributed by atoms with Crippen LogP contribution in [0.1, 0.15) is 32.0 Å². The summed E-state index contributed by atoms with van der Waals surface area (Å²) in [4.78, 5) is 17.6. The molecule has 0 bridgehead atoms. The molecule has 1 aliphatic heterocycles. The Kier molecular flexibility index (Phi) is 4.30. The third-order valence-electron chi connectivity index (χ3n) is 2.84. The molecule has 0 saturated carbocycles. The smallest absolute Gasteiger partial charge is 0.222 e. The Hall–Kier alpha value is -1.17. The second-order valence-electron chi connectivity index (χ2n) is 4.13. The second-order valence-corrected chi connectivity index (χ2v) is 4.89. The highest BCUT2D eigenvalue weighted by molar-refractivity contribution is 7.09. The Bertz CT molecular complexity index is 379. The van der Waals surface area contributed by atoms with Crippen molar-refractivity contribution in [1.82, 2.24) is 14.3 Å². The molecule has 1 aliphatic rings. The summed E-state index contributed by atoms with van der Waals surface area (Å²) in [5, 5.41) is 4.13. The van der Waals surface area contributed by atoms with Gasteiger partial charge in [0.2, 0.25) is 11.0 Å². The first-order valence-electron chi connectivity index (χ1n) is 6.14. The lowest BCUT2D eigenvalue weighted by molar-refractivity contribution is -0.127. The van der Waals surface area contributed by atoms with Gasteiger partial charge in [0.25, 0.3) is 0 Å². The van der Waals surface area contributed by atoms with E-state index < -0.39 is 0 Å². The predicted octanol–water partition coefficient (Wildman–Crippen LogP) is 1.52. The maximum atomic E-state index is 11.4. The first kappa shape index (κ1) is 12.3. The lowest BCUT2D eigenvalue weighted by atomic mass is 10.4. The van der Waals surface area contributed by atoms with Gasteiger partial charge in [-0.05, 0) is 12.8 Å². The molecule has 1 aromatic heterocycles. The number of carbonyl (C=O) groups is 1. The van der Waals surface area contributed by atoms with Crippen molar-refractivity contribution in [2.45, 2.75) is 32.6 Å². The van der Waals surface area contributed by atoms with Crippen molar-refractivity contribution in [3.05, 3.63) is 5.82 Å². The average molecular weight is 254 g/mol. The minimum absolute atomic E-state index is 0.300. The summed E-state index contributed by atoms with van der Waals surface area (Å²) in [6.07, 6.45) is 3.58. The summed E-state index contributed by atoms with van der Waals surface area (Å²) < 4.78 is 4.21. The molecule has 2 heterocycles. The van der Waals surface area contributed by atoms with E-state index in [1.165, 1.54) is 11.5 Å². The number of nitrogens with one attached hydrogen (secondary N) is 1. The molecule has 5 nitrogen and oxygen atoms in total. The highest BCUT2D eigenvalue weighted by Gasteiger charge is 2.18. The Morgan fingerprint density at radius 3 is 3.06 bits per heavy atom. The molecule has 0 radical (unpaired) electrons. The molecule has 1 amide bonds. The zero-order chi connectivity index (χ0) is 12.1. The van der Waals surface area contributed by atoms with Crippen LogP contribution in [0.25, 0.3) is 0 Å². The van der Waals surface area contributed by atoms with E-state index in [1.54, 1.807) is 0 Å². The van der Waals surface area contributed by atoms with Crippen molar-refractivity contribution in [3.8, 4) is 0 Å². The fraction of sp³-hybridized carbons (Fsp3) is 0.727. The van der Waals surface area contributed by atoms with Crippen molar-refractivity contribution in [3.63, 3.8) is 0 Å². The number of amides is 1. The molecule has 1 fully saturated rings. The van der Waals surface area contributed by atoms with Gasteiger partial charge in [-0.25, -0.2) is 4.98 Å². The van der Waals surface area contributed by atoms with Crippen molar-refractivity contribution in [2.75, 3.05) is 25.0 Å². The topological polar surface area (TPSA) is 58.1 Å². The van der Waals surface area contributed by atoms with Crippen LogP contribution < -0.4 is 5.32 Å². The minimum atomic E-state index is 0.300. The molecule has 0 unspecified atom stereocenters. The zero-order valence-corrected chi connectivity index (χ0v) is 10.9. The van der Waals surface area contributed by atoms with Gasteiger partial charge in [0.05, 0.1) is 0 Å². The van der Waals surface area contributed by atoms with Crippen LogP contribution in [0.5, 0.6) is 0 Å². The molecule has 2 rings (SSSR count). The van der Waals surface area contributed by atoms with Crippen LogP contribution in [0.4, 0.5) is 5.13 Å². The van der Waals surface area contributed by atoms with E-state index in [0.29, 0.717) is 5.91 Å². The van der Waals surface area contributed by atoms with Gasteiger partial charge >= 0.3 is 0 Å². The van der Waals surface area contributed by atoms with Crippen molar-refractivity contribution < 1.29 is 4.79 Å². The first-order valence-corrected chi connectivity index (χ1v) is 6.91. The Morgan fingerprint density at radius 1 is 1.53 bits per heavy atom. The molecule has 6 heteroatoms. The molecule has 1 N–H and O–H groups in total. The molecule has 0 aliphatic carbocycles. The van der Waals surface area contributed by atoms with E-state index in [9.17, 15) is 4.79 Å². The van der Waals surface area contributed by atoms with Gasteiger partial charge in [0, 0.05) is 44.0 Å². The van der Waals surface area contributed by atoms with E-state index in [1.807, 2.05) is 11.8 Å². The molecule has 94 valence electrons. The maximum absolute atomic E-state index is 11.4. The van der Waals surface area contributed by atoms with Crippen LogP contribution in [0.2, 0.25) is 0 Å². The SMILES string of the molecule is CCc1nsc(NCCCN2CCCC2=O)n1. The molecule has 1 aromatic rings. The number of nitrogens with zero attached hydrogens (tertiary/aromatic N) is 3. The lowest BCUT2D eigenvalue weighted by Gasteiger charge is -2.14. The largest absolute Gasteiger partial charge is 0.360 e. The van der Waals surface area contributed by atoms with Crippen LogP contribution >= 0.6 is 11.5 Å². The number of aryl methyl sites for hydroxylation is 1. The second kappa shape index (κ2) is 5.95. The van der Waals surface area contributed by atoms with Gasteiger partial charge in [-0.1, -0.05) is 6.92 Å². The normalized spacial score (nSPS) is 15.6. The van der Waals surface area contributed by atoms with E-state index in [0.717, 1.165) is 56.3 Å². The first-order chi connectivity index (χ1) is 8.29. The maximum Gasteiger partial charge on any atom is 0.222 e. The van der Waals surface area contributed by atoms with E-state index in [-0.39, 0.29) is 0 Å². The molecule has 0 aromatic carbocycles. The average Bonchev–Trinajstić information content (AvgIpc) is 2.94. The third kappa shape index (κ3) is 3.39. The van der Waals surface area contributed by atoms with E-state index in [2.05, 4.69) is 14.7 Å². The fourth-order valence-electron chi connectivity index (χ4n) is 1.88. The summed E-state index contributed by atoms with van der Waals surface area (Å²) in [7, 11) is 0. The van der Waals surface area contributed by atoms with Gasteiger partial charge in [-0.3, -0.25) is 4.79 Å². The van der Waals surface area contributed by atoms with E-state index in [4.69, 9.17) is 0 Å². The Labute approximate surface area is 105 Å². The van der Waals surface area contributed by atoms with Gasteiger partial charge in [-0.2, -0.15) is 4.37 Å². The van der Waals surface area contributed by atoms with Crippen molar-refractivity contribution >= 4 is 22.6 Å². The highest BCUT2D eigenvalue weighted by Crippen LogP contribution is 2.12. The van der Waals surface area contributed by atoms with Gasteiger partial charge in [0.15, 0.2) is 0 Å². The molecule has 17 heavy (non-hydrogen) atoms. The number of carbonyl (C=O) groups excluding carboxylic acids is 1. The number of rotatable bonds is 6. The van der Waals surface area contributed by atoms with Crippen molar-refractivity contribution in [2.24, 2.45) is 0 Å². The molecular formula is C11H18N4OS. The number of hydrogen-bond donors (Lipinski definition) is 1. The molecule has 0 spiro atoms. The van der Waals surface area contributed by atoms with Crippen LogP contribution in [0.3, 0.4) is 0 Å². The quantitative estimate of drug-likeness (QED) is 0.782. The Balaban J connectivity index is 1.64. The fourth-order valence-corrected chi connectivity index (χ4v) is 2.55. The number of hydrogen-bond acceptors (Lipinski definition) is 5. The monoisotopic (exact) mass is 254 g/mol. The Morgan fingerprint density at radius 2 is 2.41 bits per heavy atom. The molecule has 0 atom stereocenters. The summed E-state index contributed by atoms with van der Waals surface area (Å²) >= 11 is 1.40. The zero-order valence-electron chi connectivity index (χ0n) is 10.1. The van der Waals surface area contributed by atoms with E-state index >= 15 is 0 Å². The lowest BCUT2D eigenvalue weighted by Crippen LogP contribution is -2.26. The van der Waals surface area contributed by atoms with Gasteiger partial charge < -0.3 is 10.2 Å². The number of anilines is 1. The van der Waals surface area contributed by atoms with Crippen LogP contribution in [0.15, 0.2) is 0 Å². The summed E-state index contributed by atoms with van der Waals surface area (Å²) in [5.41, 5.74) is 0.